The van der Waals surface area contributed by atoms with Crippen LogP contribution in [0.1, 0.15) is 53.4 Å². The average molecular weight is 213 g/mol. The fraction of sp³-hybridized carbons (Fsp3) is 0.917. The van der Waals surface area contributed by atoms with Crippen LogP contribution >= 0.6 is 11.8 Å². The Hall–Kier alpha value is 0.0200. The molecule has 1 unspecified atom stereocenters. The molecule has 2 heteroatoms. The van der Waals surface area contributed by atoms with Gasteiger partial charge in [0.2, 0.25) is 0 Å². The molecule has 0 aromatic carbocycles. The van der Waals surface area contributed by atoms with Gasteiger partial charge in [-0.3, -0.25) is 4.99 Å². The van der Waals surface area contributed by atoms with Crippen molar-refractivity contribution in [1.29, 1.82) is 0 Å². The Labute approximate surface area is 92.8 Å². The molecule has 82 valence electrons. The molecule has 0 amide bonds. The zero-order chi connectivity index (χ0) is 10.6. The maximum atomic E-state index is 4.71. The zero-order valence-corrected chi connectivity index (χ0v) is 10.7. The van der Waals surface area contributed by atoms with E-state index in [1.165, 1.54) is 25.7 Å². The molecule has 1 nitrogen and oxygen atoms in total. The van der Waals surface area contributed by atoms with Gasteiger partial charge in [0.05, 0.1) is 10.1 Å². The van der Waals surface area contributed by atoms with Crippen molar-refractivity contribution in [3.8, 4) is 0 Å². The van der Waals surface area contributed by atoms with Crippen molar-refractivity contribution < 1.29 is 0 Å². The van der Waals surface area contributed by atoms with Crippen LogP contribution in [0.2, 0.25) is 0 Å². The van der Waals surface area contributed by atoms with Crippen molar-refractivity contribution >= 4 is 18.0 Å². The monoisotopic (exact) mass is 213 g/mol. The van der Waals surface area contributed by atoms with E-state index >= 15 is 0 Å². The van der Waals surface area contributed by atoms with Crippen molar-refractivity contribution in [3.63, 3.8) is 0 Å². The van der Waals surface area contributed by atoms with Gasteiger partial charge in [-0.15, -0.1) is 11.8 Å². The van der Waals surface area contributed by atoms with Crippen LogP contribution in [-0.4, -0.2) is 16.3 Å². The third-order valence-corrected chi connectivity index (χ3v) is 5.36. The smallest absolute Gasteiger partial charge is 0.0985 e. The highest BCUT2D eigenvalue weighted by molar-refractivity contribution is 8.02. The van der Waals surface area contributed by atoms with Crippen molar-refractivity contribution in [3.05, 3.63) is 0 Å². The summed E-state index contributed by atoms with van der Waals surface area (Å²) in [5.41, 5.74) is 0. The lowest BCUT2D eigenvalue weighted by atomic mass is 10.0. The lowest BCUT2D eigenvalue weighted by Gasteiger charge is -2.25. The molecule has 0 spiro atoms. The molecule has 14 heavy (non-hydrogen) atoms. The summed E-state index contributed by atoms with van der Waals surface area (Å²) in [5, 5.41) is 0.532. The average Bonchev–Trinajstić information content (AvgIpc) is 2.65. The molecule has 0 radical (unpaired) electrons. The Morgan fingerprint density at radius 1 is 1.21 bits per heavy atom. The molecule has 0 aliphatic carbocycles. The first-order chi connectivity index (χ1) is 6.71. The Balaban J connectivity index is 2.60. The summed E-state index contributed by atoms with van der Waals surface area (Å²) < 4.78 is 0.354. The summed E-state index contributed by atoms with van der Waals surface area (Å²) >= 11 is 2.09. The standard InChI is InChI=1S/C12H23NS/c1-5-10(6-2)11-13-9-12(7-3,8-4)14-11/h9-11H,5-8H2,1-4H3. The van der Waals surface area contributed by atoms with Crippen LogP contribution in [0, 0.1) is 5.92 Å². The minimum Gasteiger partial charge on any atom is -0.282 e. The van der Waals surface area contributed by atoms with Crippen molar-refractivity contribution in [2.75, 3.05) is 0 Å². The second-order valence-electron chi connectivity index (χ2n) is 4.14. The number of hydrogen-bond acceptors (Lipinski definition) is 2. The van der Waals surface area contributed by atoms with E-state index in [0.29, 0.717) is 10.1 Å². The van der Waals surface area contributed by atoms with Crippen LogP contribution in [-0.2, 0) is 0 Å². The first-order valence-electron chi connectivity index (χ1n) is 5.93. The Morgan fingerprint density at radius 2 is 1.79 bits per heavy atom. The summed E-state index contributed by atoms with van der Waals surface area (Å²) in [6.45, 7) is 9.11. The summed E-state index contributed by atoms with van der Waals surface area (Å²) in [4.78, 5) is 4.71. The van der Waals surface area contributed by atoms with Gasteiger partial charge >= 0.3 is 0 Å². The fourth-order valence-corrected chi connectivity index (χ4v) is 3.65. The predicted octanol–water partition coefficient (Wildman–Crippen LogP) is 4.13. The molecule has 0 aromatic rings. The molecule has 0 fully saturated rings. The second kappa shape index (κ2) is 5.20. The summed E-state index contributed by atoms with van der Waals surface area (Å²) in [7, 11) is 0. The molecule has 0 bridgehead atoms. The third-order valence-electron chi connectivity index (χ3n) is 3.46. The Bertz CT molecular complexity index is 192. The fourth-order valence-electron chi connectivity index (χ4n) is 2.02. The van der Waals surface area contributed by atoms with E-state index in [9.17, 15) is 0 Å². The molecule has 0 saturated carbocycles. The molecule has 0 N–H and O–H groups in total. The van der Waals surface area contributed by atoms with Crippen LogP contribution in [0.3, 0.4) is 0 Å². The maximum absolute atomic E-state index is 4.71. The zero-order valence-electron chi connectivity index (χ0n) is 9.92. The van der Waals surface area contributed by atoms with E-state index in [0.717, 1.165) is 5.92 Å². The van der Waals surface area contributed by atoms with Crippen LogP contribution < -0.4 is 0 Å². The first kappa shape index (κ1) is 12.1. The minimum atomic E-state index is 0.354. The van der Waals surface area contributed by atoms with Gasteiger partial charge < -0.3 is 0 Å². The molecule has 1 heterocycles. The summed E-state index contributed by atoms with van der Waals surface area (Å²) in [6, 6.07) is 0. The largest absolute Gasteiger partial charge is 0.282 e. The molecular formula is C12H23NS. The second-order valence-corrected chi connectivity index (χ2v) is 5.67. The van der Waals surface area contributed by atoms with Gasteiger partial charge in [0.15, 0.2) is 0 Å². The molecule has 1 aliphatic rings. The van der Waals surface area contributed by atoms with Gasteiger partial charge in [0.25, 0.3) is 0 Å². The highest BCUT2D eigenvalue weighted by Gasteiger charge is 2.36. The summed E-state index contributed by atoms with van der Waals surface area (Å²) in [6.07, 6.45) is 7.17. The highest BCUT2D eigenvalue weighted by atomic mass is 32.2. The van der Waals surface area contributed by atoms with Gasteiger partial charge in [-0.2, -0.15) is 0 Å². The molecular weight excluding hydrogens is 190 g/mol. The molecule has 1 aliphatic heterocycles. The van der Waals surface area contributed by atoms with Gasteiger partial charge in [-0.1, -0.05) is 40.5 Å². The molecule has 0 saturated heterocycles. The number of hydrogen-bond donors (Lipinski definition) is 0. The van der Waals surface area contributed by atoms with Crippen LogP contribution in [0.4, 0.5) is 0 Å². The van der Waals surface area contributed by atoms with Crippen LogP contribution in [0.15, 0.2) is 4.99 Å². The number of rotatable bonds is 5. The van der Waals surface area contributed by atoms with Gasteiger partial charge in [-0.05, 0) is 18.8 Å². The van der Waals surface area contributed by atoms with Gasteiger partial charge in [-0.25, -0.2) is 0 Å². The maximum Gasteiger partial charge on any atom is 0.0985 e. The van der Waals surface area contributed by atoms with E-state index < -0.39 is 0 Å². The van der Waals surface area contributed by atoms with Crippen molar-refractivity contribution in [1.82, 2.24) is 0 Å². The van der Waals surface area contributed by atoms with Crippen molar-refractivity contribution in [2.45, 2.75) is 63.5 Å². The predicted molar refractivity (Wildman–Crippen MR) is 67.3 cm³/mol. The molecule has 0 aromatic heterocycles. The van der Waals surface area contributed by atoms with E-state index in [2.05, 4.69) is 45.7 Å². The van der Waals surface area contributed by atoms with E-state index in [4.69, 9.17) is 4.99 Å². The topological polar surface area (TPSA) is 12.4 Å². The van der Waals surface area contributed by atoms with Crippen LogP contribution in [0.5, 0.6) is 0 Å². The quantitative estimate of drug-likeness (QED) is 0.669. The first-order valence-corrected chi connectivity index (χ1v) is 6.81. The normalized spacial score (nSPS) is 24.8. The van der Waals surface area contributed by atoms with Gasteiger partial charge in [0.1, 0.15) is 0 Å². The summed E-state index contributed by atoms with van der Waals surface area (Å²) in [5.74, 6) is 0.774. The lowest BCUT2D eigenvalue weighted by Crippen LogP contribution is -2.23. The number of aliphatic imine (C=N–C) groups is 1. The third kappa shape index (κ3) is 2.33. The highest BCUT2D eigenvalue weighted by Crippen LogP contribution is 2.43. The molecule has 1 atom stereocenters. The number of thioether (sulfide) groups is 1. The lowest BCUT2D eigenvalue weighted by molar-refractivity contribution is 0.483. The SMILES string of the molecule is CCC(CC)C1N=CC(CC)(CC)S1. The minimum absolute atomic E-state index is 0.354. The van der Waals surface area contributed by atoms with E-state index in [1.807, 2.05) is 0 Å². The Kier molecular flexibility index (Phi) is 4.49. The van der Waals surface area contributed by atoms with Crippen molar-refractivity contribution in [2.24, 2.45) is 10.9 Å². The van der Waals surface area contributed by atoms with Gasteiger partial charge in [0, 0.05) is 6.21 Å². The van der Waals surface area contributed by atoms with E-state index in [-0.39, 0.29) is 0 Å². The Morgan fingerprint density at radius 3 is 2.14 bits per heavy atom. The molecule has 1 rings (SSSR count). The van der Waals surface area contributed by atoms with E-state index in [1.54, 1.807) is 0 Å². The van der Waals surface area contributed by atoms with Crippen LogP contribution in [0.25, 0.3) is 0 Å². The number of nitrogens with zero attached hydrogens (tertiary/aromatic N) is 1.